The van der Waals surface area contributed by atoms with Crippen LogP contribution in [0.5, 0.6) is 0 Å². The van der Waals surface area contributed by atoms with Crippen LogP contribution in [0.4, 0.5) is 0 Å². The quantitative estimate of drug-likeness (QED) is 0.205. The minimum Gasteiger partial charge on any atom is -0.465 e. The highest BCUT2D eigenvalue weighted by atomic mass is 35.5. The predicted octanol–water partition coefficient (Wildman–Crippen LogP) is 4.14. The molecule has 0 spiro atoms. The first kappa shape index (κ1) is 38.9. The fourth-order valence-corrected chi connectivity index (χ4v) is 8.25. The number of likely N-dealkylation sites (tertiary alicyclic amines) is 1. The molecule has 52 heavy (non-hydrogen) atoms. The number of halogens is 1. The first-order valence-corrected chi connectivity index (χ1v) is 19.4. The van der Waals surface area contributed by atoms with Gasteiger partial charge in [-0.25, -0.2) is 18.4 Å². The second-order valence-corrected chi connectivity index (χ2v) is 15.2. The van der Waals surface area contributed by atoms with Crippen molar-refractivity contribution in [1.29, 1.82) is 0 Å². The van der Waals surface area contributed by atoms with E-state index in [1.54, 1.807) is 18.7 Å². The lowest BCUT2D eigenvalue weighted by Crippen LogP contribution is -2.56. The van der Waals surface area contributed by atoms with E-state index >= 15 is 0 Å². The van der Waals surface area contributed by atoms with Gasteiger partial charge in [-0.05, 0) is 87.6 Å². The Morgan fingerprint density at radius 2 is 1.62 bits per heavy atom. The summed E-state index contributed by atoms with van der Waals surface area (Å²) in [6, 6.07) is 19.8. The highest BCUT2D eigenvalue weighted by molar-refractivity contribution is 7.89. The van der Waals surface area contributed by atoms with Crippen LogP contribution in [0, 0.1) is 5.92 Å². The van der Waals surface area contributed by atoms with Crippen LogP contribution in [-0.4, -0.2) is 73.9 Å². The smallest absolute Gasteiger partial charge is 0.329 e. The van der Waals surface area contributed by atoms with Crippen LogP contribution in [0.25, 0.3) is 0 Å². The largest absolute Gasteiger partial charge is 0.465 e. The molecule has 3 aromatic carbocycles. The van der Waals surface area contributed by atoms with Gasteiger partial charge in [0.2, 0.25) is 15.9 Å². The van der Waals surface area contributed by atoms with Crippen molar-refractivity contribution in [2.45, 2.75) is 94.1 Å². The third-order valence-electron chi connectivity index (χ3n) is 9.70. The number of nitrogens with one attached hydrogen (secondary N) is 2. The first-order valence-electron chi connectivity index (χ1n) is 17.5. The minimum atomic E-state index is -4.15. The Kier molecular flexibility index (Phi) is 13.1. The van der Waals surface area contributed by atoms with Gasteiger partial charge in [0.1, 0.15) is 23.6 Å². The number of hydrogen-bond acceptors (Lipinski definition) is 9. The molecule has 2 amide bonds. The molecule has 5 rings (SSSR count). The van der Waals surface area contributed by atoms with Crippen molar-refractivity contribution in [3.63, 3.8) is 0 Å². The van der Waals surface area contributed by atoms with E-state index in [0.29, 0.717) is 38.5 Å². The van der Waals surface area contributed by atoms with Gasteiger partial charge in [0.15, 0.2) is 0 Å². The Balaban J connectivity index is 1.32. The molecule has 0 radical (unpaired) electrons. The van der Waals surface area contributed by atoms with Crippen molar-refractivity contribution in [2.24, 2.45) is 11.1 Å². The third kappa shape index (κ3) is 9.77. The molecule has 1 aliphatic carbocycles. The molecule has 1 aliphatic heterocycles. The second kappa shape index (κ2) is 17.5. The summed E-state index contributed by atoms with van der Waals surface area (Å²) in [6.07, 6.45) is 2.80. The average Bonchev–Trinajstić information content (AvgIpc) is 3.51. The number of amides is 2. The monoisotopic (exact) mass is 752 g/mol. The normalized spacial score (nSPS) is 21.0. The maximum Gasteiger partial charge on any atom is 0.329 e. The van der Waals surface area contributed by atoms with E-state index in [1.807, 2.05) is 60.7 Å². The number of benzene rings is 3. The number of carbonyl (C=O) groups is 4. The number of ether oxygens (including phenoxy) is 2. The molecule has 14 heteroatoms. The van der Waals surface area contributed by atoms with E-state index in [9.17, 15) is 27.6 Å². The number of fused-ring (bicyclic) bond motifs is 1. The van der Waals surface area contributed by atoms with Gasteiger partial charge in [0.25, 0.3) is 5.91 Å². The summed E-state index contributed by atoms with van der Waals surface area (Å²) < 4.78 is 35.0. The van der Waals surface area contributed by atoms with Crippen LogP contribution in [0.15, 0.2) is 83.8 Å². The number of carbonyl (C=O) groups excluding carboxylic acids is 4. The van der Waals surface area contributed by atoms with Crippen molar-refractivity contribution >= 4 is 45.4 Å². The van der Waals surface area contributed by atoms with E-state index in [1.165, 1.54) is 12.1 Å². The van der Waals surface area contributed by atoms with Crippen LogP contribution in [0.2, 0.25) is 5.02 Å². The average molecular weight is 753 g/mol. The Morgan fingerprint density at radius 1 is 0.942 bits per heavy atom. The molecule has 2 fully saturated rings. The van der Waals surface area contributed by atoms with E-state index in [4.69, 9.17) is 26.2 Å². The highest BCUT2D eigenvalue weighted by Gasteiger charge is 2.50. The van der Waals surface area contributed by atoms with Crippen LogP contribution in [-0.2, 0) is 46.9 Å². The van der Waals surface area contributed by atoms with E-state index < -0.39 is 46.0 Å². The SMILES string of the molecule is CCOC(=O)C(CCc1ccccc1)N[C@@H](C)C(=O)N1C(C(=O)OCc2ccccc2)CC2CC(NC(=O)c3ccc(Cl)c(S(N)(=O)=O)c3)CCC21. The molecule has 3 aromatic rings. The predicted molar refractivity (Wildman–Crippen MR) is 194 cm³/mol. The lowest BCUT2D eigenvalue weighted by Gasteiger charge is -2.38. The van der Waals surface area contributed by atoms with Gasteiger partial charge in [-0.3, -0.25) is 19.7 Å². The van der Waals surface area contributed by atoms with E-state index in [-0.39, 0.29) is 52.6 Å². The number of nitrogens with two attached hydrogens (primary N) is 1. The van der Waals surface area contributed by atoms with Crippen molar-refractivity contribution in [1.82, 2.24) is 15.5 Å². The zero-order chi connectivity index (χ0) is 37.4. The maximum atomic E-state index is 14.3. The molecule has 278 valence electrons. The zero-order valence-electron chi connectivity index (χ0n) is 29.2. The number of esters is 2. The molecule has 1 heterocycles. The molecular weight excluding hydrogens is 708 g/mol. The van der Waals surface area contributed by atoms with Gasteiger partial charge in [-0.2, -0.15) is 0 Å². The summed E-state index contributed by atoms with van der Waals surface area (Å²) in [5, 5.41) is 11.4. The molecule has 4 N–H and O–H groups in total. The van der Waals surface area contributed by atoms with Gasteiger partial charge in [0, 0.05) is 17.6 Å². The number of primary sulfonamides is 1. The number of hydrogen-bond donors (Lipinski definition) is 3. The van der Waals surface area contributed by atoms with E-state index in [2.05, 4.69) is 10.6 Å². The van der Waals surface area contributed by atoms with Crippen molar-refractivity contribution in [3.05, 3.63) is 101 Å². The van der Waals surface area contributed by atoms with Gasteiger partial charge >= 0.3 is 11.9 Å². The second-order valence-electron chi connectivity index (χ2n) is 13.3. The standard InChI is InChI=1S/C38H45ClN4O8S/c1-3-50-37(46)31(18-14-25-10-6-4-7-11-25)41-24(2)36(45)43-32-19-16-29(42-35(44)27-15-17-30(39)34(22-27)52(40,48)49)20-28(32)21-33(43)38(47)51-23-26-12-8-5-9-13-26/h4-13,15,17,22,24,28-29,31-33,41H,3,14,16,18-21,23H2,1-2H3,(H,42,44)(H2,40,48,49)/t24-,28?,29?,31?,32?,33?/m0/s1. The Bertz CT molecular complexity index is 1850. The highest BCUT2D eigenvalue weighted by Crippen LogP contribution is 2.41. The fraction of sp³-hybridized carbons (Fsp3) is 0.421. The topological polar surface area (TPSA) is 174 Å². The molecule has 1 saturated heterocycles. The Morgan fingerprint density at radius 3 is 2.27 bits per heavy atom. The number of aryl methyl sites for hydroxylation is 1. The zero-order valence-corrected chi connectivity index (χ0v) is 30.8. The van der Waals surface area contributed by atoms with Crippen LogP contribution in [0.1, 0.15) is 67.4 Å². The summed E-state index contributed by atoms with van der Waals surface area (Å²) in [5.74, 6) is -1.95. The number of nitrogens with zero attached hydrogens (tertiary/aromatic N) is 1. The molecule has 12 nitrogen and oxygen atoms in total. The molecule has 5 unspecified atom stereocenters. The fourth-order valence-electron chi connectivity index (χ4n) is 7.18. The lowest BCUT2D eigenvalue weighted by atomic mass is 9.81. The molecule has 0 aromatic heterocycles. The molecule has 2 aliphatic rings. The molecule has 6 atom stereocenters. The summed E-state index contributed by atoms with van der Waals surface area (Å²) in [7, 11) is -4.15. The van der Waals surface area contributed by atoms with Crippen LogP contribution < -0.4 is 15.8 Å². The first-order chi connectivity index (χ1) is 24.8. The summed E-state index contributed by atoms with van der Waals surface area (Å²) in [5.41, 5.74) is 1.95. The van der Waals surface area contributed by atoms with Crippen molar-refractivity contribution in [2.75, 3.05) is 6.61 Å². The van der Waals surface area contributed by atoms with Gasteiger partial charge in [-0.1, -0.05) is 72.3 Å². The third-order valence-corrected chi connectivity index (χ3v) is 11.1. The molecule has 1 saturated carbocycles. The summed E-state index contributed by atoms with van der Waals surface area (Å²) >= 11 is 6.01. The van der Waals surface area contributed by atoms with Crippen LogP contribution >= 0.6 is 11.6 Å². The molecule has 0 bridgehead atoms. The summed E-state index contributed by atoms with van der Waals surface area (Å²) in [4.78, 5) is 55.5. The van der Waals surface area contributed by atoms with Crippen LogP contribution in [0.3, 0.4) is 0 Å². The van der Waals surface area contributed by atoms with Gasteiger partial charge in [0.05, 0.1) is 17.7 Å². The minimum absolute atomic E-state index is 0.0477. The molecular formula is C38H45ClN4O8S. The summed E-state index contributed by atoms with van der Waals surface area (Å²) in [6.45, 7) is 3.66. The maximum absolute atomic E-state index is 14.3. The number of rotatable bonds is 14. The van der Waals surface area contributed by atoms with Crippen molar-refractivity contribution in [3.8, 4) is 0 Å². The number of sulfonamides is 1. The van der Waals surface area contributed by atoms with Crippen molar-refractivity contribution < 1.29 is 37.1 Å². The Labute approximate surface area is 309 Å². The van der Waals surface area contributed by atoms with E-state index in [0.717, 1.165) is 17.2 Å². The Hall–Kier alpha value is -4.30. The van der Waals surface area contributed by atoms with Gasteiger partial charge in [-0.15, -0.1) is 0 Å². The lowest BCUT2D eigenvalue weighted by molar-refractivity contribution is -0.157. The van der Waals surface area contributed by atoms with Gasteiger partial charge < -0.3 is 19.7 Å².